The van der Waals surface area contributed by atoms with E-state index >= 15 is 0 Å². The van der Waals surface area contributed by atoms with Crippen LogP contribution in [0.4, 0.5) is 11.4 Å². The molecule has 1 atom stereocenters. The van der Waals surface area contributed by atoms with E-state index in [0.29, 0.717) is 9.93 Å². The quantitative estimate of drug-likeness (QED) is 0.190. The summed E-state index contributed by atoms with van der Waals surface area (Å²) in [4.78, 5) is 33.0. The molecule has 216 valence electrons. The van der Waals surface area contributed by atoms with Crippen molar-refractivity contribution in [3.63, 3.8) is 0 Å². The zero-order chi connectivity index (χ0) is 30.0. The van der Waals surface area contributed by atoms with Crippen molar-refractivity contribution in [2.24, 2.45) is 0 Å². The summed E-state index contributed by atoms with van der Waals surface area (Å²) in [5.41, 5.74) is 8.27. The monoisotopic (exact) mass is 631 g/mol. The molecule has 7 rings (SSSR count). The maximum absolute atomic E-state index is 14.4. The topological polar surface area (TPSA) is 52.7 Å². The summed E-state index contributed by atoms with van der Waals surface area (Å²) in [5.74, 6) is -0.597. The molecule has 0 saturated carbocycles. The lowest BCUT2D eigenvalue weighted by Gasteiger charge is -2.33. The second-order valence-corrected chi connectivity index (χ2v) is 12.8. The molecule has 2 aliphatic rings. The summed E-state index contributed by atoms with van der Waals surface area (Å²) in [5, 5.41) is 1.40. The Hall–Kier alpha value is -4.43. The van der Waals surface area contributed by atoms with Crippen LogP contribution in [0.2, 0.25) is 5.02 Å². The average molecular weight is 632 g/mol. The largest absolute Gasteiger partial charge is 0.330 e. The van der Waals surface area contributed by atoms with E-state index in [9.17, 15) is 9.59 Å². The average Bonchev–Trinajstić information content (AvgIpc) is 3.36. The van der Waals surface area contributed by atoms with Crippen LogP contribution < -0.4 is 10.3 Å². The molecule has 2 aliphatic heterocycles. The highest BCUT2D eigenvalue weighted by Gasteiger charge is 2.42. The minimum Gasteiger partial charge on any atom is -0.330 e. The van der Waals surface area contributed by atoms with Crippen LogP contribution in [0.5, 0.6) is 0 Å². The molecule has 5 nitrogen and oxygen atoms in total. The number of carbonyl (C=O) groups excluding carboxylic acids is 2. The van der Waals surface area contributed by atoms with Gasteiger partial charge in [-0.1, -0.05) is 138 Å². The Balaban J connectivity index is 1.28. The van der Waals surface area contributed by atoms with E-state index < -0.39 is 5.37 Å². The molecule has 5 aromatic carbocycles. The zero-order valence-corrected chi connectivity index (χ0v) is 25.8. The Morgan fingerprint density at radius 2 is 1.23 bits per heavy atom. The van der Waals surface area contributed by atoms with E-state index in [1.165, 1.54) is 16.8 Å². The summed E-state index contributed by atoms with van der Waals surface area (Å²) in [6.45, 7) is 0.0293. The molecule has 1 fully saturated rings. The van der Waals surface area contributed by atoms with E-state index in [-0.39, 0.29) is 18.4 Å². The number of halogens is 1. The standard InChI is InChI=1S/C36H26ClN3O2S2/c37-27-18-8-7-17-26(27)36-40(35(42)34(44-36)33(24-13-3-1-4-14-24)25-15-5-2-6-16-25)38-32(41)23-39-28-19-9-11-21-30(28)43-31-22-12-10-20-29(31)39/h1-22,36H,23H2,(H,38,41). The van der Waals surface area contributed by atoms with E-state index in [4.69, 9.17) is 11.6 Å². The van der Waals surface area contributed by atoms with Gasteiger partial charge in [0, 0.05) is 26.0 Å². The lowest BCUT2D eigenvalue weighted by molar-refractivity contribution is -0.137. The molecule has 0 radical (unpaired) electrons. The van der Waals surface area contributed by atoms with Crippen molar-refractivity contribution in [2.45, 2.75) is 15.2 Å². The summed E-state index contributed by atoms with van der Waals surface area (Å²) in [6, 6.07) is 43.3. The Morgan fingerprint density at radius 3 is 1.82 bits per heavy atom. The molecular formula is C36H26ClN3O2S2. The van der Waals surface area contributed by atoms with Crippen molar-refractivity contribution >= 4 is 63.9 Å². The van der Waals surface area contributed by atoms with Gasteiger partial charge in [-0.3, -0.25) is 15.0 Å². The van der Waals surface area contributed by atoms with Crippen LogP contribution in [0.1, 0.15) is 22.1 Å². The van der Waals surface area contributed by atoms with Gasteiger partial charge in [0.15, 0.2) is 0 Å². The highest BCUT2D eigenvalue weighted by molar-refractivity contribution is 8.04. The van der Waals surface area contributed by atoms with Crippen molar-refractivity contribution < 1.29 is 9.59 Å². The Labute approximate surface area is 269 Å². The zero-order valence-electron chi connectivity index (χ0n) is 23.4. The minimum absolute atomic E-state index is 0.0293. The minimum atomic E-state index is -0.561. The third-order valence-electron chi connectivity index (χ3n) is 7.48. The number of thioether (sulfide) groups is 1. The lowest BCUT2D eigenvalue weighted by atomic mass is 9.97. The van der Waals surface area contributed by atoms with Crippen LogP contribution in [0, 0.1) is 0 Å². The summed E-state index contributed by atoms with van der Waals surface area (Å²) < 4.78 is 0. The number of fused-ring (bicyclic) bond motifs is 2. The van der Waals surface area contributed by atoms with Crippen molar-refractivity contribution in [3.05, 3.63) is 160 Å². The van der Waals surface area contributed by atoms with Crippen LogP contribution in [0.3, 0.4) is 0 Å². The third-order valence-corrected chi connectivity index (χ3v) is 10.3. The molecule has 1 N–H and O–H groups in total. The Kier molecular flexibility index (Phi) is 7.91. The van der Waals surface area contributed by atoms with Crippen LogP contribution in [0.25, 0.3) is 5.57 Å². The molecule has 0 aliphatic carbocycles. The van der Waals surface area contributed by atoms with Crippen LogP contribution >= 0.6 is 35.1 Å². The molecule has 2 amide bonds. The maximum Gasteiger partial charge on any atom is 0.280 e. The van der Waals surface area contributed by atoms with Gasteiger partial charge in [-0.25, -0.2) is 5.01 Å². The van der Waals surface area contributed by atoms with E-state index in [1.807, 2.05) is 120 Å². The molecule has 8 heteroatoms. The second kappa shape index (κ2) is 12.3. The molecule has 1 saturated heterocycles. The Morgan fingerprint density at radius 1 is 0.705 bits per heavy atom. The fraction of sp³-hybridized carbons (Fsp3) is 0.0556. The lowest BCUT2D eigenvalue weighted by Crippen LogP contribution is -2.48. The molecule has 5 aromatic rings. The predicted molar refractivity (Wildman–Crippen MR) is 180 cm³/mol. The summed E-state index contributed by atoms with van der Waals surface area (Å²) >= 11 is 9.77. The Bertz CT molecular complexity index is 1810. The van der Waals surface area contributed by atoms with Crippen molar-refractivity contribution in [1.29, 1.82) is 0 Å². The smallest absolute Gasteiger partial charge is 0.280 e. The molecule has 0 aromatic heterocycles. The van der Waals surface area contributed by atoms with Crippen LogP contribution in [0.15, 0.2) is 148 Å². The van der Waals surface area contributed by atoms with E-state index in [1.54, 1.807) is 17.8 Å². The number of hydrogen-bond acceptors (Lipinski definition) is 5. The fourth-order valence-electron chi connectivity index (χ4n) is 5.49. The van der Waals surface area contributed by atoms with Gasteiger partial charge in [0.2, 0.25) is 0 Å². The van der Waals surface area contributed by atoms with Gasteiger partial charge in [0.05, 0.1) is 16.3 Å². The molecular weight excluding hydrogens is 606 g/mol. The number of para-hydroxylation sites is 2. The third kappa shape index (κ3) is 5.39. The normalized spacial score (nSPS) is 15.5. The van der Waals surface area contributed by atoms with Gasteiger partial charge in [0.1, 0.15) is 11.9 Å². The van der Waals surface area contributed by atoms with Crippen molar-refractivity contribution in [3.8, 4) is 0 Å². The number of amides is 2. The molecule has 1 unspecified atom stereocenters. The maximum atomic E-state index is 14.4. The first-order valence-corrected chi connectivity index (χ1v) is 16.2. The van der Waals surface area contributed by atoms with Gasteiger partial charge in [0.25, 0.3) is 11.8 Å². The van der Waals surface area contributed by atoms with Crippen LogP contribution in [-0.2, 0) is 9.59 Å². The molecule has 44 heavy (non-hydrogen) atoms. The summed E-state index contributed by atoms with van der Waals surface area (Å²) in [7, 11) is 0. The number of carbonyl (C=O) groups is 2. The summed E-state index contributed by atoms with van der Waals surface area (Å²) in [6.07, 6.45) is 0. The van der Waals surface area contributed by atoms with Crippen molar-refractivity contribution in [2.75, 3.05) is 11.4 Å². The molecule has 2 heterocycles. The number of nitrogens with zero attached hydrogens (tertiary/aromatic N) is 2. The van der Waals surface area contributed by atoms with Gasteiger partial charge in [-0.05, 0) is 41.5 Å². The first-order chi connectivity index (χ1) is 21.6. The number of anilines is 2. The van der Waals surface area contributed by atoms with Gasteiger partial charge in [-0.2, -0.15) is 0 Å². The van der Waals surface area contributed by atoms with Gasteiger partial charge < -0.3 is 4.90 Å². The van der Waals surface area contributed by atoms with E-state index in [2.05, 4.69) is 17.6 Å². The SMILES string of the molecule is O=C(CN1c2ccccc2Sc2ccccc21)NN1C(=O)C(=C(c2ccccc2)c2ccccc2)SC1c1ccccc1Cl. The van der Waals surface area contributed by atoms with Crippen molar-refractivity contribution in [1.82, 2.24) is 10.4 Å². The first kappa shape index (κ1) is 28.3. The first-order valence-electron chi connectivity index (χ1n) is 14.1. The number of benzene rings is 5. The highest BCUT2D eigenvalue weighted by atomic mass is 35.5. The number of hydrazine groups is 1. The van der Waals surface area contributed by atoms with Gasteiger partial charge >= 0.3 is 0 Å². The molecule has 0 bridgehead atoms. The number of nitrogens with one attached hydrogen (secondary N) is 1. The predicted octanol–water partition coefficient (Wildman–Crippen LogP) is 8.71. The second-order valence-electron chi connectivity index (χ2n) is 10.3. The highest BCUT2D eigenvalue weighted by Crippen LogP contribution is 2.50. The number of hydrogen-bond donors (Lipinski definition) is 1. The molecule has 0 spiro atoms. The van der Waals surface area contributed by atoms with E-state index in [0.717, 1.165) is 43.4 Å². The van der Waals surface area contributed by atoms with Gasteiger partial charge in [-0.15, -0.1) is 0 Å². The van der Waals surface area contributed by atoms with Crippen LogP contribution in [-0.4, -0.2) is 23.4 Å². The number of rotatable bonds is 6. The fourth-order valence-corrected chi connectivity index (χ4v) is 8.25.